The van der Waals surface area contributed by atoms with Gasteiger partial charge in [0.1, 0.15) is 25.9 Å². The number of hydrogen-bond acceptors (Lipinski definition) is 5. The van der Waals surface area contributed by atoms with E-state index in [0.29, 0.717) is 11.0 Å². The number of likely N-dealkylation sites (N-methyl/N-ethyl adjacent to an activating group) is 1. The third kappa shape index (κ3) is 24.1. The maximum absolute atomic E-state index is 11.8. The molecule has 0 aliphatic carbocycles. The van der Waals surface area contributed by atoms with Gasteiger partial charge in [-0.3, -0.25) is 9.05 Å². The van der Waals surface area contributed by atoms with E-state index in [1.807, 2.05) is 27.2 Å². The largest absolute Gasteiger partial charge is 0.499 e. The minimum absolute atomic E-state index is 0.00758. The molecule has 186 valence electrons. The molecule has 0 aromatic rings. The fourth-order valence-electron chi connectivity index (χ4n) is 2.92. The van der Waals surface area contributed by atoms with Gasteiger partial charge < -0.3 is 19.2 Å². The van der Waals surface area contributed by atoms with Crippen molar-refractivity contribution < 1.29 is 32.8 Å². The second-order valence-corrected chi connectivity index (χ2v) is 10.7. The Labute approximate surface area is 191 Å². The summed E-state index contributed by atoms with van der Waals surface area (Å²) in [4.78, 5) is 9.60. The molecule has 0 saturated carbocycles. The van der Waals surface area contributed by atoms with Crippen LogP contribution in [0.15, 0.2) is 12.3 Å². The fraction of sp³-hybridized carbons (Fsp3) is 0.913. The summed E-state index contributed by atoms with van der Waals surface area (Å²) in [6, 6.07) is 0. The number of phosphoric acid groups is 1. The number of phosphoric ester groups is 1. The Kier molecular flexibility index (Phi) is 18.8. The van der Waals surface area contributed by atoms with Gasteiger partial charge in [0.15, 0.2) is 0 Å². The highest BCUT2D eigenvalue weighted by atomic mass is 31.2. The number of hydrogen-bond donors (Lipinski definition) is 2. The Bertz CT molecular complexity index is 481. The number of allylic oxidation sites excluding steroid dienone is 1. The molecule has 2 unspecified atom stereocenters. The Morgan fingerprint density at radius 1 is 0.871 bits per heavy atom. The molecule has 0 aromatic carbocycles. The Morgan fingerprint density at radius 2 is 1.42 bits per heavy atom. The van der Waals surface area contributed by atoms with Gasteiger partial charge in [-0.15, -0.1) is 0 Å². The van der Waals surface area contributed by atoms with E-state index in [9.17, 15) is 14.6 Å². The highest BCUT2D eigenvalue weighted by molar-refractivity contribution is 7.47. The van der Waals surface area contributed by atoms with Crippen molar-refractivity contribution in [1.29, 1.82) is 0 Å². The van der Waals surface area contributed by atoms with Crippen molar-refractivity contribution in [1.82, 2.24) is 0 Å². The van der Waals surface area contributed by atoms with Crippen LogP contribution in [0, 0.1) is 0 Å². The van der Waals surface area contributed by atoms with Gasteiger partial charge in [0.05, 0.1) is 34.0 Å². The normalized spacial score (nSPS) is 15.3. The Hall–Kier alpha value is -0.430. The summed E-state index contributed by atoms with van der Waals surface area (Å²) in [7, 11) is 1.72. The first-order valence-electron chi connectivity index (χ1n) is 12.0. The molecule has 2 atom stereocenters. The monoisotopic (exact) mass is 466 g/mol. The number of rotatable bonds is 22. The summed E-state index contributed by atoms with van der Waals surface area (Å²) in [6.45, 7) is 2.62. The lowest BCUT2D eigenvalue weighted by Crippen LogP contribution is -2.37. The van der Waals surface area contributed by atoms with Crippen LogP contribution in [0.25, 0.3) is 0 Å². The summed E-state index contributed by atoms with van der Waals surface area (Å²) in [5, 5.41) is 9.80. The molecule has 0 amide bonds. The van der Waals surface area contributed by atoms with Crippen molar-refractivity contribution in [2.24, 2.45) is 0 Å². The lowest BCUT2D eigenvalue weighted by molar-refractivity contribution is -0.870. The van der Waals surface area contributed by atoms with E-state index in [2.05, 4.69) is 6.92 Å². The summed E-state index contributed by atoms with van der Waals surface area (Å²) < 4.78 is 27.3. The molecule has 0 heterocycles. The van der Waals surface area contributed by atoms with Crippen LogP contribution in [0.2, 0.25) is 0 Å². The topological polar surface area (TPSA) is 85.2 Å². The lowest BCUT2D eigenvalue weighted by atomic mass is 10.1. The minimum atomic E-state index is -4.15. The average molecular weight is 467 g/mol. The quantitative estimate of drug-likeness (QED) is 0.0959. The van der Waals surface area contributed by atoms with E-state index in [0.717, 1.165) is 12.8 Å². The van der Waals surface area contributed by atoms with Crippen LogP contribution in [0.3, 0.4) is 0 Å². The van der Waals surface area contributed by atoms with Gasteiger partial charge in [0, 0.05) is 0 Å². The Balaban J connectivity index is 3.53. The molecular formula is C23H49NO6P+. The van der Waals surface area contributed by atoms with Crippen LogP contribution in [0.1, 0.15) is 84.0 Å². The molecule has 8 heteroatoms. The highest BCUT2D eigenvalue weighted by Gasteiger charge is 2.24. The molecule has 0 aromatic heterocycles. The number of unbranched alkanes of at least 4 members (excludes halogenated alkanes) is 11. The van der Waals surface area contributed by atoms with Crippen molar-refractivity contribution in [3.05, 3.63) is 12.3 Å². The third-order valence-corrected chi connectivity index (χ3v) is 5.89. The highest BCUT2D eigenvalue weighted by Crippen LogP contribution is 2.43. The molecule has 7 nitrogen and oxygen atoms in total. The van der Waals surface area contributed by atoms with E-state index in [1.54, 1.807) is 6.26 Å². The standard InChI is InChI=1S/C23H48NO6P/c1-5-6-7-8-9-10-11-12-13-14-15-16-17-19-28-21-23(25)22-30-31(26,27)29-20-18-24(2,3)4/h17,19,23,25H,5-16,18,20-22H2,1-4H3/p+1. The van der Waals surface area contributed by atoms with Gasteiger partial charge >= 0.3 is 7.82 Å². The van der Waals surface area contributed by atoms with Crippen LogP contribution in [0.5, 0.6) is 0 Å². The van der Waals surface area contributed by atoms with E-state index in [-0.39, 0.29) is 19.8 Å². The van der Waals surface area contributed by atoms with Gasteiger partial charge in [0.2, 0.25) is 0 Å². The minimum Gasteiger partial charge on any atom is -0.499 e. The fourth-order valence-corrected chi connectivity index (χ4v) is 3.67. The van der Waals surface area contributed by atoms with Gasteiger partial charge in [-0.2, -0.15) is 0 Å². The number of aliphatic hydroxyl groups is 1. The molecule has 0 radical (unpaired) electrons. The van der Waals surface area contributed by atoms with Crippen LogP contribution in [-0.2, 0) is 18.3 Å². The first-order chi connectivity index (χ1) is 14.7. The van der Waals surface area contributed by atoms with Crippen molar-refractivity contribution >= 4 is 7.82 Å². The zero-order valence-corrected chi connectivity index (χ0v) is 21.4. The van der Waals surface area contributed by atoms with Crippen molar-refractivity contribution in [2.75, 3.05) is 47.5 Å². The molecule has 2 N–H and O–H groups in total. The second-order valence-electron chi connectivity index (χ2n) is 9.29. The molecule has 0 rings (SSSR count). The Morgan fingerprint density at radius 3 is 1.97 bits per heavy atom. The van der Waals surface area contributed by atoms with E-state index < -0.39 is 13.9 Å². The SMILES string of the molecule is CCCCCCCCCCCCCC=COCC(O)COP(=O)(O)OCC[N+](C)(C)C. The van der Waals surface area contributed by atoms with Crippen molar-refractivity contribution in [3.63, 3.8) is 0 Å². The van der Waals surface area contributed by atoms with Crippen LogP contribution in [-0.4, -0.2) is 68.1 Å². The zero-order chi connectivity index (χ0) is 23.4. The molecule has 0 fully saturated rings. The number of ether oxygens (including phenoxy) is 1. The molecule has 0 aliphatic heterocycles. The summed E-state index contributed by atoms with van der Waals surface area (Å²) in [6.07, 6.45) is 18.1. The number of aliphatic hydroxyl groups excluding tert-OH is 1. The third-order valence-electron chi connectivity index (χ3n) is 4.90. The van der Waals surface area contributed by atoms with Crippen molar-refractivity contribution in [3.8, 4) is 0 Å². The van der Waals surface area contributed by atoms with E-state index in [4.69, 9.17) is 13.8 Å². The second kappa shape index (κ2) is 19.1. The molecular weight excluding hydrogens is 417 g/mol. The predicted molar refractivity (Wildman–Crippen MR) is 127 cm³/mol. The molecule has 31 heavy (non-hydrogen) atoms. The molecule has 0 spiro atoms. The maximum atomic E-state index is 11.8. The predicted octanol–water partition coefficient (Wildman–Crippen LogP) is 5.42. The molecule has 0 aliphatic rings. The van der Waals surface area contributed by atoms with Crippen LogP contribution in [0.4, 0.5) is 0 Å². The number of nitrogens with zero attached hydrogens (tertiary/aromatic N) is 1. The lowest BCUT2D eigenvalue weighted by Gasteiger charge is -2.24. The van der Waals surface area contributed by atoms with E-state index >= 15 is 0 Å². The zero-order valence-electron chi connectivity index (χ0n) is 20.5. The summed E-state index contributed by atoms with van der Waals surface area (Å²) in [5.41, 5.74) is 0. The van der Waals surface area contributed by atoms with Gasteiger partial charge in [-0.05, 0) is 18.9 Å². The van der Waals surface area contributed by atoms with Gasteiger partial charge in [-0.25, -0.2) is 4.57 Å². The number of quaternary nitrogens is 1. The average Bonchev–Trinajstić information content (AvgIpc) is 2.68. The summed E-state index contributed by atoms with van der Waals surface area (Å²) in [5.74, 6) is 0. The molecule has 0 bridgehead atoms. The van der Waals surface area contributed by atoms with E-state index in [1.165, 1.54) is 64.2 Å². The van der Waals surface area contributed by atoms with Crippen LogP contribution >= 0.6 is 7.82 Å². The first kappa shape index (κ1) is 30.6. The maximum Gasteiger partial charge on any atom is 0.472 e. The van der Waals surface area contributed by atoms with Gasteiger partial charge in [0.25, 0.3) is 0 Å². The smallest absolute Gasteiger partial charge is 0.472 e. The van der Waals surface area contributed by atoms with Crippen molar-refractivity contribution in [2.45, 2.75) is 90.1 Å². The summed E-state index contributed by atoms with van der Waals surface area (Å²) >= 11 is 0. The molecule has 0 saturated heterocycles. The van der Waals surface area contributed by atoms with Gasteiger partial charge in [-0.1, -0.05) is 71.1 Å². The first-order valence-corrected chi connectivity index (χ1v) is 13.5. The van der Waals surface area contributed by atoms with Crippen LogP contribution < -0.4 is 0 Å².